The molecule has 0 amide bonds. The second-order valence-corrected chi connectivity index (χ2v) is 4.67. The number of thioether (sulfide) groups is 1. The van der Waals surface area contributed by atoms with E-state index in [1.54, 1.807) is 4.57 Å². The van der Waals surface area contributed by atoms with Gasteiger partial charge in [0.2, 0.25) is 5.88 Å². The van der Waals surface area contributed by atoms with E-state index in [4.69, 9.17) is 0 Å². The third-order valence-electron chi connectivity index (χ3n) is 2.53. The van der Waals surface area contributed by atoms with E-state index >= 15 is 0 Å². The van der Waals surface area contributed by atoms with Crippen molar-refractivity contribution in [2.75, 3.05) is 5.75 Å². The van der Waals surface area contributed by atoms with E-state index in [2.05, 4.69) is 11.9 Å². The lowest BCUT2D eigenvalue weighted by Gasteiger charge is -2.06. The van der Waals surface area contributed by atoms with Crippen LogP contribution in [0.5, 0.6) is 5.88 Å². The first-order valence-corrected chi connectivity index (χ1v) is 6.18. The zero-order chi connectivity index (χ0) is 10.8. The Kier molecular flexibility index (Phi) is 3.00. The number of hydrogen-bond acceptors (Lipinski definition) is 4. The van der Waals surface area contributed by atoms with Crippen LogP contribution in [-0.2, 0) is 13.0 Å². The van der Waals surface area contributed by atoms with Crippen molar-refractivity contribution in [2.24, 2.45) is 0 Å². The van der Waals surface area contributed by atoms with E-state index < -0.39 is 0 Å². The summed E-state index contributed by atoms with van der Waals surface area (Å²) < 4.78 is 1.66. The first-order chi connectivity index (χ1) is 7.24. The molecule has 0 spiro atoms. The standard InChI is InChI=1S/C10H14N2O2S/c1-2-3-4-7-8(13)11-10-12(9(7)14)5-6-15-10/h13H,2-6H2,1H3. The molecule has 1 N–H and O–H groups in total. The second-order valence-electron chi connectivity index (χ2n) is 3.61. The Morgan fingerprint density at radius 2 is 2.40 bits per heavy atom. The minimum atomic E-state index is -0.0749. The van der Waals surface area contributed by atoms with Crippen molar-refractivity contribution in [2.45, 2.75) is 37.9 Å². The van der Waals surface area contributed by atoms with E-state index in [0.29, 0.717) is 23.7 Å². The van der Waals surface area contributed by atoms with Gasteiger partial charge in [-0.05, 0) is 12.8 Å². The molecule has 1 aromatic rings. The van der Waals surface area contributed by atoms with Gasteiger partial charge in [-0.1, -0.05) is 25.1 Å². The fourth-order valence-corrected chi connectivity index (χ4v) is 2.61. The van der Waals surface area contributed by atoms with Gasteiger partial charge in [-0.15, -0.1) is 0 Å². The van der Waals surface area contributed by atoms with Gasteiger partial charge in [0, 0.05) is 12.3 Å². The maximum absolute atomic E-state index is 11.9. The van der Waals surface area contributed by atoms with Crippen LogP contribution in [0.3, 0.4) is 0 Å². The van der Waals surface area contributed by atoms with Gasteiger partial charge in [0.15, 0.2) is 5.16 Å². The molecule has 0 aromatic carbocycles. The minimum absolute atomic E-state index is 0.0593. The molecule has 0 bridgehead atoms. The van der Waals surface area contributed by atoms with Crippen LogP contribution in [0.15, 0.2) is 9.95 Å². The van der Waals surface area contributed by atoms with Crippen molar-refractivity contribution >= 4 is 11.8 Å². The quantitative estimate of drug-likeness (QED) is 0.791. The second kappa shape index (κ2) is 4.26. The SMILES string of the molecule is CCCCc1c(O)nc2n(c1=O)CCS2. The molecule has 5 heteroatoms. The molecule has 0 atom stereocenters. The molecule has 0 saturated carbocycles. The zero-order valence-corrected chi connectivity index (χ0v) is 9.51. The fraction of sp³-hybridized carbons (Fsp3) is 0.600. The minimum Gasteiger partial charge on any atom is -0.493 e. The lowest BCUT2D eigenvalue weighted by atomic mass is 10.1. The lowest BCUT2D eigenvalue weighted by Crippen LogP contribution is -2.24. The summed E-state index contributed by atoms with van der Waals surface area (Å²) in [6.45, 7) is 2.77. The van der Waals surface area contributed by atoms with E-state index in [1.807, 2.05) is 0 Å². The van der Waals surface area contributed by atoms with Crippen LogP contribution in [0, 0.1) is 0 Å². The molecule has 1 aliphatic rings. The molecule has 0 fully saturated rings. The molecule has 0 radical (unpaired) electrons. The molecule has 0 aliphatic carbocycles. The highest BCUT2D eigenvalue weighted by Gasteiger charge is 2.19. The molecule has 15 heavy (non-hydrogen) atoms. The Hall–Kier alpha value is -0.970. The van der Waals surface area contributed by atoms with Gasteiger partial charge in [-0.3, -0.25) is 9.36 Å². The maximum Gasteiger partial charge on any atom is 0.261 e. The molecule has 4 nitrogen and oxygen atoms in total. The average molecular weight is 226 g/mol. The van der Waals surface area contributed by atoms with Crippen molar-refractivity contribution in [1.29, 1.82) is 0 Å². The summed E-state index contributed by atoms with van der Waals surface area (Å²) in [7, 11) is 0. The maximum atomic E-state index is 11.9. The number of nitrogens with zero attached hydrogens (tertiary/aromatic N) is 2. The predicted octanol–water partition coefficient (Wildman–Crippen LogP) is 1.40. The highest BCUT2D eigenvalue weighted by molar-refractivity contribution is 7.99. The Bertz CT molecular complexity index is 428. The molecule has 2 rings (SSSR count). The third-order valence-corrected chi connectivity index (χ3v) is 3.49. The van der Waals surface area contributed by atoms with Gasteiger partial charge in [0.05, 0.1) is 5.56 Å². The molecular formula is C10H14N2O2S. The molecule has 82 valence electrons. The first-order valence-electron chi connectivity index (χ1n) is 5.19. The molecule has 0 saturated heterocycles. The summed E-state index contributed by atoms with van der Waals surface area (Å²) in [6, 6.07) is 0. The van der Waals surface area contributed by atoms with Gasteiger partial charge < -0.3 is 5.11 Å². The van der Waals surface area contributed by atoms with E-state index in [-0.39, 0.29) is 11.4 Å². The number of aromatic nitrogens is 2. The zero-order valence-electron chi connectivity index (χ0n) is 8.69. The monoisotopic (exact) mass is 226 g/mol. The summed E-state index contributed by atoms with van der Waals surface area (Å²) in [5, 5.41) is 10.3. The van der Waals surface area contributed by atoms with Crippen molar-refractivity contribution in [3.63, 3.8) is 0 Å². The Morgan fingerprint density at radius 1 is 1.60 bits per heavy atom. The summed E-state index contributed by atoms with van der Waals surface area (Å²) in [5.41, 5.74) is 0.416. The van der Waals surface area contributed by atoms with Gasteiger partial charge in [-0.2, -0.15) is 4.98 Å². The van der Waals surface area contributed by atoms with Crippen molar-refractivity contribution in [3.05, 3.63) is 15.9 Å². The van der Waals surface area contributed by atoms with Gasteiger partial charge in [0.1, 0.15) is 0 Å². The number of unbranched alkanes of at least 4 members (excludes halogenated alkanes) is 1. The largest absolute Gasteiger partial charge is 0.493 e. The summed E-state index contributed by atoms with van der Waals surface area (Å²) in [4.78, 5) is 16.0. The topological polar surface area (TPSA) is 55.1 Å². The smallest absolute Gasteiger partial charge is 0.261 e. The van der Waals surface area contributed by atoms with Crippen molar-refractivity contribution in [1.82, 2.24) is 9.55 Å². The van der Waals surface area contributed by atoms with Crippen molar-refractivity contribution in [3.8, 4) is 5.88 Å². The average Bonchev–Trinajstić information content (AvgIpc) is 2.65. The number of aromatic hydroxyl groups is 1. The summed E-state index contributed by atoms with van der Waals surface area (Å²) in [5.74, 6) is 0.799. The van der Waals surface area contributed by atoms with E-state index in [0.717, 1.165) is 18.6 Å². The molecule has 1 aliphatic heterocycles. The summed E-state index contributed by atoms with van der Waals surface area (Å²) >= 11 is 1.52. The Morgan fingerprint density at radius 3 is 3.13 bits per heavy atom. The Labute approximate surface area is 92.3 Å². The van der Waals surface area contributed by atoms with E-state index in [1.165, 1.54) is 11.8 Å². The third kappa shape index (κ3) is 1.88. The van der Waals surface area contributed by atoms with Crippen molar-refractivity contribution < 1.29 is 5.11 Å². The predicted molar refractivity (Wildman–Crippen MR) is 59.5 cm³/mol. The van der Waals surface area contributed by atoms with Gasteiger partial charge in [-0.25, -0.2) is 0 Å². The molecule has 1 aromatic heterocycles. The highest BCUT2D eigenvalue weighted by Crippen LogP contribution is 2.24. The van der Waals surface area contributed by atoms with Crippen LogP contribution >= 0.6 is 11.8 Å². The lowest BCUT2D eigenvalue weighted by molar-refractivity contribution is 0.425. The van der Waals surface area contributed by atoms with Gasteiger partial charge >= 0.3 is 0 Å². The number of hydrogen-bond donors (Lipinski definition) is 1. The molecule has 2 heterocycles. The Balaban J connectivity index is 2.42. The van der Waals surface area contributed by atoms with E-state index in [9.17, 15) is 9.90 Å². The molecule has 0 unspecified atom stereocenters. The van der Waals surface area contributed by atoms with Gasteiger partial charge in [0.25, 0.3) is 5.56 Å². The van der Waals surface area contributed by atoms with Crippen LogP contribution in [0.25, 0.3) is 0 Å². The number of fused-ring (bicyclic) bond motifs is 1. The van der Waals surface area contributed by atoms with Crippen LogP contribution in [0.4, 0.5) is 0 Å². The normalized spacial score (nSPS) is 14.2. The van der Waals surface area contributed by atoms with Crippen LogP contribution < -0.4 is 5.56 Å². The van der Waals surface area contributed by atoms with Crippen LogP contribution in [0.1, 0.15) is 25.3 Å². The van der Waals surface area contributed by atoms with Crippen LogP contribution in [0.2, 0.25) is 0 Å². The molecular weight excluding hydrogens is 212 g/mol. The first kappa shape index (κ1) is 10.5. The fourth-order valence-electron chi connectivity index (χ4n) is 1.67. The van der Waals surface area contributed by atoms with Crippen LogP contribution in [-0.4, -0.2) is 20.4 Å². The number of rotatable bonds is 3. The highest BCUT2D eigenvalue weighted by atomic mass is 32.2. The summed E-state index contributed by atoms with van der Waals surface area (Å²) in [6.07, 6.45) is 2.55.